The number of ether oxygens (including phenoxy) is 1. The first kappa shape index (κ1) is 20.6. The van der Waals surface area contributed by atoms with Crippen molar-refractivity contribution in [1.29, 1.82) is 0 Å². The summed E-state index contributed by atoms with van der Waals surface area (Å²) in [5.74, 6) is 0.173. The summed E-state index contributed by atoms with van der Waals surface area (Å²) in [6, 6.07) is 16.6. The number of rotatable bonds is 9. The number of hydrogen-bond acceptors (Lipinski definition) is 3. The molecule has 1 aliphatic rings. The Balaban J connectivity index is 1.41. The van der Waals surface area contributed by atoms with Crippen LogP contribution in [0.5, 0.6) is 5.75 Å². The largest absolute Gasteiger partial charge is 0.484 e. The van der Waals surface area contributed by atoms with Gasteiger partial charge in [0.05, 0.1) is 0 Å². The second-order valence-electron chi connectivity index (χ2n) is 7.19. The highest BCUT2D eigenvalue weighted by Gasteiger charge is 2.09. The molecule has 0 saturated heterocycles. The zero-order chi connectivity index (χ0) is 20.3. The molecule has 5 heteroatoms. The van der Waals surface area contributed by atoms with Gasteiger partial charge in [0.2, 0.25) is 0 Å². The standard InChI is InChI=1S/C24H28N2O3/c27-23(25-15-14-19-8-3-1-4-9-19)18-29-22-13-7-12-21(16-22)24(28)26-17-20-10-5-2-6-11-20/h2,5-8,10-13,16H,1,3-4,9,14-15,17-18H2,(H,25,27)(H,26,28). The average Bonchev–Trinajstić information content (AvgIpc) is 2.78. The number of hydrogen-bond donors (Lipinski definition) is 2. The molecule has 2 N–H and O–H groups in total. The second-order valence-corrected chi connectivity index (χ2v) is 7.19. The van der Waals surface area contributed by atoms with Crippen LogP contribution in [-0.4, -0.2) is 25.0 Å². The molecule has 0 saturated carbocycles. The zero-order valence-electron chi connectivity index (χ0n) is 16.7. The minimum Gasteiger partial charge on any atom is -0.484 e. The molecular formula is C24H28N2O3. The fraction of sp³-hybridized carbons (Fsp3) is 0.333. The molecule has 29 heavy (non-hydrogen) atoms. The zero-order valence-corrected chi connectivity index (χ0v) is 16.7. The van der Waals surface area contributed by atoms with Crippen LogP contribution in [0.4, 0.5) is 0 Å². The van der Waals surface area contributed by atoms with Crippen molar-refractivity contribution >= 4 is 11.8 Å². The van der Waals surface area contributed by atoms with E-state index in [1.807, 2.05) is 30.3 Å². The van der Waals surface area contributed by atoms with Crippen LogP contribution >= 0.6 is 0 Å². The summed E-state index contributed by atoms with van der Waals surface area (Å²) < 4.78 is 5.56. The molecular weight excluding hydrogens is 364 g/mol. The molecule has 1 aliphatic carbocycles. The molecule has 0 radical (unpaired) electrons. The highest BCUT2D eigenvalue weighted by Crippen LogP contribution is 2.19. The summed E-state index contributed by atoms with van der Waals surface area (Å²) >= 11 is 0. The number of nitrogens with one attached hydrogen (secondary N) is 2. The van der Waals surface area contributed by atoms with Crippen molar-refractivity contribution in [1.82, 2.24) is 10.6 Å². The van der Waals surface area contributed by atoms with Crippen LogP contribution in [0, 0.1) is 0 Å². The smallest absolute Gasteiger partial charge is 0.257 e. The van der Waals surface area contributed by atoms with E-state index in [1.54, 1.807) is 24.3 Å². The Kier molecular flexibility index (Phi) is 7.87. The number of amides is 2. The van der Waals surface area contributed by atoms with Crippen molar-refractivity contribution in [3.63, 3.8) is 0 Å². The third-order valence-corrected chi connectivity index (χ3v) is 4.92. The summed E-state index contributed by atoms with van der Waals surface area (Å²) in [7, 11) is 0. The van der Waals surface area contributed by atoms with Crippen molar-refractivity contribution < 1.29 is 14.3 Å². The van der Waals surface area contributed by atoms with Crippen LogP contribution in [0.25, 0.3) is 0 Å². The monoisotopic (exact) mass is 392 g/mol. The number of benzene rings is 2. The number of allylic oxidation sites excluding steroid dienone is 1. The van der Waals surface area contributed by atoms with Crippen LogP contribution in [0.2, 0.25) is 0 Å². The fourth-order valence-corrected chi connectivity index (χ4v) is 3.30. The minimum atomic E-state index is -0.176. The Bertz CT molecular complexity index is 846. The first-order valence-corrected chi connectivity index (χ1v) is 10.2. The molecule has 5 nitrogen and oxygen atoms in total. The third kappa shape index (κ3) is 7.11. The second kappa shape index (κ2) is 11.1. The van der Waals surface area contributed by atoms with E-state index in [0.29, 0.717) is 24.4 Å². The third-order valence-electron chi connectivity index (χ3n) is 4.92. The number of carbonyl (C=O) groups is 2. The predicted molar refractivity (Wildman–Crippen MR) is 114 cm³/mol. The van der Waals surface area contributed by atoms with E-state index in [2.05, 4.69) is 16.7 Å². The minimum absolute atomic E-state index is 0.0614. The Hall–Kier alpha value is -3.08. The van der Waals surface area contributed by atoms with Crippen molar-refractivity contribution in [2.75, 3.05) is 13.2 Å². The highest BCUT2D eigenvalue weighted by molar-refractivity contribution is 5.94. The molecule has 0 heterocycles. The summed E-state index contributed by atoms with van der Waals surface area (Å²) in [4.78, 5) is 24.4. The van der Waals surface area contributed by atoms with Gasteiger partial charge >= 0.3 is 0 Å². The van der Waals surface area contributed by atoms with E-state index in [-0.39, 0.29) is 18.4 Å². The maximum absolute atomic E-state index is 12.3. The molecule has 3 rings (SSSR count). The lowest BCUT2D eigenvalue weighted by Crippen LogP contribution is -2.30. The van der Waals surface area contributed by atoms with Crippen LogP contribution in [0.15, 0.2) is 66.2 Å². The van der Waals surface area contributed by atoms with E-state index in [4.69, 9.17) is 4.74 Å². The SMILES string of the molecule is O=C(COc1cccc(C(=O)NCc2ccccc2)c1)NCCC1=CCCCC1. The molecule has 0 spiro atoms. The van der Waals surface area contributed by atoms with Gasteiger partial charge in [-0.15, -0.1) is 0 Å². The Morgan fingerprint density at radius 2 is 1.83 bits per heavy atom. The van der Waals surface area contributed by atoms with Crippen molar-refractivity contribution in [2.45, 2.75) is 38.6 Å². The molecule has 2 aromatic carbocycles. The lowest BCUT2D eigenvalue weighted by atomic mass is 9.97. The van der Waals surface area contributed by atoms with E-state index >= 15 is 0 Å². The maximum Gasteiger partial charge on any atom is 0.257 e. The highest BCUT2D eigenvalue weighted by atomic mass is 16.5. The van der Waals surface area contributed by atoms with E-state index in [9.17, 15) is 9.59 Å². The van der Waals surface area contributed by atoms with E-state index in [0.717, 1.165) is 24.8 Å². The predicted octanol–water partition coefficient (Wildman–Crippen LogP) is 4.00. The van der Waals surface area contributed by atoms with Gasteiger partial charge in [-0.1, -0.05) is 48.0 Å². The van der Waals surface area contributed by atoms with Gasteiger partial charge in [0.15, 0.2) is 6.61 Å². The van der Waals surface area contributed by atoms with E-state index in [1.165, 1.54) is 18.4 Å². The van der Waals surface area contributed by atoms with Gasteiger partial charge in [-0.05, 0) is 55.9 Å². The van der Waals surface area contributed by atoms with Gasteiger partial charge in [0.25, 0.3) is 11.8 Å². The van der Waals surface area contributed by atoms with Crippen LogP contribution in [-0.2, 0) is 11.3 Å². The Morgan fingerprint density at radius 3 is 2.62 bits per heavy atom. The van der Waals surface area contributed by atoms with Gasteiger partial charge in [-0.3, -0.25) is 9.59 Å². The molecule has 0 bridgehead atoms. The van der Waals surface area contributed by atoms with Gasteiger partial charge < -0.3 is 15.4 Å². The van der Waals surface area contributed by atoms with Crippen molar-refractivity contribution in [2.24, 2.45) is 0 Å². The molecule has 0 aliphatic heterocycles. The summed E-state index contributed by atoms with van der Waals surface area (Å²) in [6.45, 7) is 1.04. The quantitative estimate of drug-likeness (QED) is 0.634. The Labute approximate surface area is 172 Å². The van der Waals surface area contributed by atoms with Gasteiger partial charge in [0, 0.05) is 18.7 Å². The topological polar surface area (TPSA) is 67.4 Å². The Morgan fingerprint density at radius 1 is 0.966 bits per heavy atom. The van der Waals surface area contributed by atoms with Crippen molar-refractivity contribution in [3.8, 4) is 5.75 Å². The van der Waals surface area contributed by atoms with Crippen LogP contribution in [0.1, 0.15) is 48.0 Å². The average molecular weight is 392 g/mol. The van der Waals surface area contributed by atoms with Gasteiger partial charge in [-0.2, -0.15) is 0 Å². The maximum atomic E-state index is 12.3. The van der Waals surface area contributed by atoms with Crippen LogP contribution < -0.4 is 15.4 Å². The summed E-state index contributed by atoms with van der Waals surface area (Å²) in [6.07, 6.45) is 8.02. The van der Waals surface area contributed by atoms with Gasteiger partial charge in [0.1, 0.15) is 5.75 Å². The normalized spacial score (nSPS) is 13.3. The molecule has 0 aromatic heterocycles. The van der Waals surface area contributed by atoms with E-state index < -0.39 is 0 Å². The molecule has 0 unspecified atom stereocenters. The molecule has 0 fully saturated rings. The fourth-order valence-electron chi connectivity index (χ4n) is 3.30. The lowest BCUT2D eigenvalue weighted by molar-refractivity contribution is -0.123. The summed E-state index contributed by atoms with van der Waals surface area (Å²) in [5, 5.41) is 5.78. The molecule has 2 amide bonds. The number of carbonyl (C=O) groups excluding carboxylic acids is 2. The summed E-state index contributed by atoms with van der Waals surface area (Å²) in [5.41, 5.74) is 2.98. The molecule has 152 valence electrons. The van der Waals surface area contributed by atoms with Gasteiger partial charge in [-0.25, -0.2) is 0 Å². The molecule has 0 atom stereocenters. The first-order valence-electron chi connectivity index (χ1n) is 10.2. The lowest BCUT2D eigenvalue weighted by Gasteiger charge is -2.13. The van der Waals surface area contributed by atoms with Crippen LogP contribution in [0.3, 0.4) is 0 Å². The molecule has 2 aromatic rings. The first-order chi connectivity index (χ1) is 14.2. The van der Waals surface area contributed by atoms with Crippen molar-refractivity contribution in [3.05, 3.63) is 77.4 Å².